The predicted octanol–water partition coefficient (Wildman–Crippen LogP) is 5.93. The zero-order chi connectivity index (χ0) is 26.8. The summed E-state index contributed by atoms with van der Waals surface area (Å²) in [5, 5.41) is 15.9. The molecule has 0 fully saturated rings. The zero-order valence-corrected chi connectivity index (χ0v) is 21.5. The minimum absolute atomic E-state index is 0.124. The van der Waals surface area contributed by atoms with Crippen LogP contribution in [0.1, 0.15) is 17.0 Å². The van der Waals surface area contributed by atoms with Gasteiger partial charge in [0.2, 0.25) is 5.91 Å². The Labute approximate surface area is 228 Å². The number of nitrogens with zero attached hydrogens (tertiary/aromatic N) is 3. The van der Waals surface area contributed by atoms with Gasteiger partial charge >= 0.3 is 0 Å². The van der Waals surface area contributed by atoms with Crippen LogP contribution >= 0.6 is 11.3 Å². The number of fused-ring (bicyclic) bond motifs is 1. The molecule has 0 aliphatic heterocycles. The molecule has 0 spiro atoms. The van der Waals surface area contributed by atoms with Gasteiger partial charge in [-0.2, -0.15) is 11.3 Å². The monoisotopic (exact) mass is 529 g/mol. The van der Waals surface area contributed by atoms with Crippen molar-refractivity contribution in [3.63, 3.8) is 0 Å². The molecule has 1 amide bonds. The van der Waals surface area contributed by atoms with Gasteiger partial charge in [0.15, 0.2) is 5.82 Å². The normalized spacial score (nSPS) is 11.0. The molecular formula is C30H23N7OS. The number of anilines is 2. The topological polar surface area (TPSA) is 133 Å². The molecule has 5 N–H and O–H groups in total. The van der Waals surface area contributed by atoms with Crippen molar-refractivity contribution >= 4 is 45.4 Å². The Kier molecular flexibility index (Phi) is 6.40. The molecule has 0 aliphatic rings. The smallest absolute Gasteiger partial charge is 0.228 e. The lowest BCUT2D eigenvalue weighted by atomic mass is 10.00. The Morgan fingerprint density at radius 2 is 1.79 bits per heavy atom. The second-order valence-corrected chi connectivity index (χ2v) is 9.81. The van der Waals surface area contributed by atoms with Crippen molar-refractivity contribution in [1.82, 2.24) is 19.9 Å². The fraction of sp³-hybridized carbons (Fsp3) is 0.0333. The van der Waals surface area contributed by atoms with Crippen LogP contribution in [0.3, 0.4) is 0 Å². The highest BCUT2D eigenvalue weighted by molar-refractivity contribution is 7.08. The fourth-order valence-electron chi connectivity index (χ4n) is 4.41. The summed E-state index contributed by atoms with van der Waals surface area (Å²) in [6, 6.07) is 18.9. The van der Waals surface area contributed by atoms with Crippen molar-refractivity contribution in [3.05, 3.63) is 113 Å². The molecular weight excluding hydrogens is 506 g/mol. The van der Waals surface area contributed by atoms with Gasteiger partial charge in [-0.3, -0.25) is 20.2 Å². The maximum absolute atomic E-state index is 12.5. The van der Waals surface area contributed by atoms with Crippen LogP contribution in [0.4, 0.5) is 11.4 Å². The lowest BCUT2D eigenvalue weighted by molar-refractivity contribution is -0.115. The summed E-state index contributed by atoms with van der Waals surface area (Å²) in [5.74, 6) is 0.277. The molecule has 0 radical (unpaired) electrons. The van der Waals surface area contributed by atoms with Crippen LogP contribution in [-0.2, 0) is 11.2 Å². The van der Waals surface area contributed by atoms with Crippen molar-refractivity contribution < 1.29 is 4.79 Å². The number of aromatic amines is 1. The number of hydrogen-bond acceptors (Lipinski definition) is 7. The van der Waals surface area contributed by atoms with Gasteiger partial charge in [-0.05, 0) is 51.7 Å². The summed E-state index contributed by atoms with van der Waals surface area (Å²) >= 11 is 1.61. The first kappa shape index (κ1) is 24.2. The van der Waals surface area contributed by atoms with Crippen molar-refractivity contribution in [1.29, 1.82) is 5.41 Å². The van der Waals surface area contributed by atoms with Crippen molar-refractivity contribution in [2.24, 2.45) is 0 Å². The molecule has 4 heterocycles. The van der Waals surface area contributed by atoms with E-state index >= 15 is 0 Å². The van der Waals surface area contributed by atoms with Gasteiger partial charge in [0, 0.05) is 34.8 Å². The van der Waals surface area contributed by atoms with Crippen molar-refractivity contribution in [3.8, 4) is 22.3 Å². The molecule has 190 valence electrons. The summed E-state index contributed by atoms with van der Waals surface area (Å²) in [4.78, 5) is 29.2. The largest absolute Gasteiger partial charge is 0.398 e. The summed E-state index contributed by atoms with van der Waals surface area (Å²) in [6.07, 6.45) is 7.09. The number of carbonyl (C=O) groups excluding carboxylic acids is 1. The third kappa shape index (κ3) is 5.03. The first-order valence-electron chi connectivity index (χ1n) is 12.2. The molecule has 0 bridgehead atoms. The molecule has 0 saturated carbocycles. The molecule has 0 aliphatic carbocycles. The van der Waals surface area contributed by atoms with E-state index in [1.165, 1.54) is 0 Å². The highest BCUT2D eigenvalue weighted by atomic mass is 32.1. The minimum Gasteiger partial charge on any atom is -0.398 e. The van der Waals surface area contributed by atoms with E-state index in [1.807, 2.05) is 65.4 Å². The number of nitrogen functional groups attached to an aromatic ring is 1. The van der Waals surface area contributed by atoms with Gasteiger partial charge in [0.05, 0.1) is 30.0 Å². The number of aromatic nitrogens is 4. The molecule has 0 saturated heterocycles. The van der Waals surface area contributed by atoms with E-state index in [2.05, 4.69) is 20.3 Å². The van der Waals surface area contributed by atoms with E-state index in [9.17, 15) is 4.79 Å². The summed E-state index contributed by atoms with van der Waals surface area (Å²) in [5.41, 5.74) is 14.0. The van der Waals surface area contributed by atoms with Gasteiger partial charge in [-0.1, -0.05) is 36.4 Å². The number of hydrogen-bond donors (Lipinski definition) is 4. The quantitative estimate of drug-likeness (QED) is 0.150. The van der Waals surface area contributed by atoms with E-state index in [0.717, 1.165) is 38.9 Å². The first-order valence-corrected chi connectivity index (χ1v) is 13.1. The van der Waals surface area contributed by atoms with E-state index in [1.54, 1.807) is 42.2 Å². The van der Waals surface area contributed by atoms with E-state index in [0.29, 0.717) is 22.8 Å². The SMILES string of the molecule is N=C(c1nc2c(-c3ccsc3)cncc2[nH]1)c1cc(-c2cncc(NC(=O)Cc3ccccc3)c2)ccc1N. The molecule has 4 aromatic heterocycles. The second-order valence-electron chi connectivity index (χ2n) is 9.03. The summed E-state index contributed by atoms with van der Waals surface area (Å²) in [6.45, 7) is 0. The molecule has 9 heteroatoms. The number of carbonyl (C=O) groups is 1. The molecule has 39 heavy (non-hydrogen) atoms. The van der Waals surface area contributed by atoms with E-state index in [4.69, 9.17) is 16.1 Å². The standard InChI is InChI=1S/C30H23N7OS/c31-25-7-6-19(21-11-22(14-33-13-21)35-27(38)10-18-4-2-1-3-5-18)12-23(25)28(32)30-36-26-16-34-15-24(29(26)37-30)20-8-9-39-17-20/h1-9,11-17,32H,10,31H2,(H,35,38)(H,36,37). The van der Waals surface area contributed by atoms with Gasteiger partial charge in [0.1, 0.15) is 11.2 Å². The Morgan fingerprint density at radius 1 is 0.949 bits per heavy atom. The number of rotatable bonds is 7. The molecule has 8 nitrogen and oxygen atoms in total. The molecule has 6 aromatic rings. The third-order valence-electron chi connectivity index (χ3n) is 6.35. The van der Waals surface area contributed by atoms with Crippen molar-refractivity contribution in [2.45, 2.75) is 6.42 Å². The highest BCUT2D eigenvalue weighted by Gasteiger charge is 2.17. The first-order chi connectivity index (χ1) is 19.0. The van der Waals surface area contributed by atoms with E-state index in [-0.39, 0.29) is 18.0 Å². The zero-order valence-electron chi connectivity index (χ0n) is 20.7. The average molecular weight is 530 g/mol. The van der Waals surface area contributed by atoms with Crippen molar-refractivity contribution in [2.75, 3.05) is 11.1 Å². The van der Waals surface area contributed by atoms with Crippen LogP contribution in [-0.4, -0.2) is 31.6 Å². The van der Waals surface area contributed by atoms with Crippen LogP contribution in [0, 0.1) is 5.41 Å². The highest BCUT2D eigenvalue weighted by Crippen LogP contribution is 2.30. The Bertz CT molecular complexity index is 1810. The van der Waals surface area contributed by atoms with Gasteiger partial charge in [-0.15, -0.1) is 0 Å². The molecule has 2 aromatic carbocycles. The van der Waals surface area contributed by atoms with Crippen LogP contribution < -0.4 is 11.1 Å². The predicted molar refractivity (Wildman–Crippen MR) is 156 cm³/mol. The Balaban J connectivity index is 1.27. The lowest BCUT2D eigenvalue weighted by Crippen LogP contribution is -2.14. The Hall–Kier alpha value is -5.15. The fourth-order valence-corrected chi connectivity index (χ4v) is 5.07. The number of nitrogens with one attached hydrogen (secondary N) is 3. The molecule has 6 rings (SSSR count). The number of amides is 1. The second kappa shape index (κ2) is 10.3. The minimum atomic E-state index is -0.124. The average Bonchev–Trinajstić information content (AvgIpc) is 3.64. The number of pyridine rings is 2. The summed E-state index contributed by atoms with van der Waals surface area (Å²) < 4.78 is 0. The maximum Gasteiger partial charge on any atom is 0.228 e. The lowest BCUT2D eigenvalue weighted by Gasteiger charge is -2.11. The molecule has 0 atom stereocenters. The number of benzene rings is 2. The number of H-pyrrole nitrogens is 1. The van der Waals surface area contributed by atoms with Crippen LogP contribution in [0.15, 0.2) is 96.2 Å². The van der Waals surface area contributed by atoms with Gasteiger partial charge in [0.25, 0.3) is 0 Å². The third-order valence-corrected chi connectivity index (χ3v) is 7.03. The van der Waals surface area contributed by atoms with Gasteiger partial charge in [-0.25, -0.2) is 4.98 Å². The van der Waals surface area contributed by atoms with Gasteiger partial charge < -0.3 is 16.0 Å². The summed E-state index contributed by atoms with van der Waals surface area (Å²) in [7, 11) is 0. The van der Waals surface area contributed by atoms with Crippen LogP contribution in [0.5, 0.6) is 0 Å². The molecule has 0 unspecified atom stereocenters. The van der Waals surface area contributed by atoms with Crippen LogP contribution in [0.25, 0.3) is 33.3 Å². The van der Waals surface area contributed by atoms with E-state index < -0.39 is 0 Å². The van der Waals surface area contributed by atoms with Crippen LogP contribution in [0.2, 0.25) is 0 Å². The number of imidazole rings is 1. The maximum atomic E-state index is 12.5. The Morgan fingerprint density at radius 3 is 2.62 bits per heavy atom. The number of nitrogens with two attached hydrogens (primary N) is 1. The number of thiophene rings is 1.